The van der Waals surface area contributed by atoms with Crippen molar-refractivity contribution in [1.29, 1.82) is 0 Å². The van der Waals surface area contributed by atoms with E-state index < -0.39 is 13.9 Å². The number of carbonyl (C=O) groups excluding carboxylic acids is 1. The molecule has 1 aromatic rings. The molecule has 3 rings (SSSR count). The van der Waals surface area contributed by atoms with Crippen LogP contribution < -0.4 is 5.32 Å². The van der Waals surface area contributed by atoms with Crippen LogP contribution in [-0.4, -0.2) is 36.8 Å². The standard InChI is InChI=1S/C16H22BrNO4Si/c1-9-14(23(2,3)21)13(6-7-19)22-16(9)11-8-10(17)4-5-12(11)18-15(16)20/h4-5,8-9,13-14,19,21H,6-7H2,1-3H3,(H,18,20)/t9-,13+,14-,16+/m1/s1. The number of anilines is 1. The summed E-state index contributed by atoms with van der Waals surface area (Å²) in [5.41, 5.74) is 0.362. The molecule has 4 atom stereocenters. The molecule has 0 radical (unpaired) electrons. The third-order valence-corrected chi connectivity index (χ3v) is 8.11. The predicted molar refractivity (Wildman–Crippen MR) is 93.6 cm³/mol. The molecule has 0 saturated carbocycles. The Bertz CT molecular complexity index is 647. The van der Waals surface area contributed by atoms with E-state index in [4.69, 9.17) is 4.74 Å². The first-order valence-corrected chi connectivity index (χ1v) is 11.7. The van der Waals surface area contributed by atoms with Crippen LogP contribution in [0.1, 0.15) is 18.9 Å². The monoisotopic (exact) mass is 399 g/mol. The van der Waals surface area contributed by atoms with E-state index in [1.807, 2.05) is 38.2 Å². The van der Waals surface area contributed by atoms with E-state index in [2.05, 4.69) is 21.2 Å². The fraction of sp³-hybridized carbons (Fsp3) is 0.562. The van der Waals surface area contributed by atoms with Crippen molar-refractivity contribution in [3.05, 3.63) is 28.2 Å². The highest BCUT2D eigenvalue weighted by molar-refractivity contribution is 9.10. The summed E-state index contributed by atoms with van der Waals surface area (Å²) in [5, 5.41) is 12.3. The molecule has 3 N–H and O–H groups in total. The lowest BCUT2D eigenvalue weighted by molar-refractivity contribution is -0.143. The number of ether oxygens (including phenoxy) is 1. The summed E-state index contributed by atoms with van der Waals surface area (Å²) >= 11 is 3.46. The molecular weight excluding hydrogens is 378 g/mol. The zero-order valence-electron chi connectivity index (χ0n) is 13.5. The summed E-state index contributed by atoms with van der Waals surface area (Å²) in [4.78, 5) is 23.6. The van der Waals surface area contributed by atoms with Crippen molar-refractivity contribution in [3.8, 4) is 0 Å². The second-order valence-corrected chi connectivity index (χ2v) is 11.9. The van der Waals surface area contributed by atoms with Gasteiger partial charge in [-0.1, -0.05) is 22.9 Å². The Hall–Kier alpha value is -0.733. The minimum absolute atomic E-state index is 0.0264. The third kappa shape index (κ3) is 2.49. The zero-order valence-corrected chi connectivity index (χ0v) is 16.1. The maximum atomic E-state index is 12.8. The highest BCUT2D eigenvalue weighted by Crippen LogP contribution is 2.58. The van der Waals surface area contributed by atoms with Gasteiger partial charge in [-0.05, 0) is 37.7 Å². The molecule has 2 heterocycles. The Kier molecular flexibility index (Phi) is 4.21. The third-order valence-electron chi connectivity index (χ3n) is 5.11. The molecule has 23 heavy (non-hydrogen) atoms. The molecule has 0 unspecified atom stereocenters. The van der Waals surface area contributed by atoms with Gasteiger partial charge in [0, 0.05) is 33.8 Å². The average molecular weight is 400 g/mol. The summed E-state index contributed by atoms with van der Waals surface area (Å²) in [7, 11) is -2.57. The summed E-state index contributed by atoms with van der Waals surface area (Å²) in [6, 6.07) is 5.65. The summed E-state index contributed by atoms with van der Waals surface area (Å²) in [6.07, 6.45) is 0.0991. The van der Waals surface area contributed by atoms with Gasteiger partial charge in [0.2, 0.25) is 0 Å². The molecule has 1 spiro atoms. The van der Waals surface area contributed by atoms with Crippen molar-refractivity contribution < 1.29 is 19.4 Å². The minimum atomic E-state index is -2.57. The van der Waals surface area contributed by atoms with Crippen LogP contribution in [0.2, 0.25) is 18.6 Å². The van der Waals surface area contributed by atoms with Gasteiger partial charge in [-0.3, -0.25) is 4.79 Å². The van der Waals surface area contributed by atoms with Crippen molar-refractivity contribution in [3.63, 3.8) is 0 Å². The van der Waals surface area contributed by atoms with Crippen LogP contribution in [0.4, 0.5) is 5.69 Å². The van der Waals surface area contributed by atoms with E-state index in [-0.39, 0.29) is 30.1 Å². The quantitative estimate of drug-likeness (QED) is 0.682. The van der Waals surface area contributed by atoms with Crippen LogP contribution in [0.5, 0.6) is 0 Å². The normalized spacial score (nSPS) is 33.1. The highest BCUT2D eigenvalue weighted by Gasteiger charge is 2.64. The van der Waals surface area contributed by atoms with E-state index in [9.17, 15) is 14.7 Å². The number of aliphatic hydroxyl groups is 1. The maximum absolute atomic E-state index is 12.8. The van der Waals surface area contributed by atoms with Crippen LogP contribution in [0.25, 0.3) is 0 Å². The molecule has 1 saturated heterocycles. The van der Waals surface area contributed by atoms with Crippen LogP contribution in [-0.2, 0) is 15.1 Å². The van der Waals surface area contributed by atoms with E-state index >= 15 is 0 Å². The molecule has 0 aromatic heterocycles. The van der Waals surface area contributed by atoms with Gasteiger partial charge >= 0.3 is 0 Å². The zero-order chi connectivity index (χ0) is 17.0. The van der Waals surface area contributed by atoms with Crippen LogP contribution in [0.3, 0.4) is 0 Å². The molecule has 126 valence electrons. The van der Waals surface area contributed by atoms with E-state index in [1.165, 1.54) is 0 Å². The van der Waals surface area contributed by atoms with Gasteiger partial charge < -0.3 is 20.0 Å². The smallest absolute Gasteiger partial charge is 0.261 e. The van der Waals surface area contributed by atoms with Crippen molar-refractivity contribution in [2.45, 2.75) is 43.7 Å². The van der Waals surface area contributed by atoms with E-state index in [0.29, 0.717) is 6.42 Å². The Morgan fingerprint density at radius 2 is 2.13 bits per heavy atom. The van der Waals surface area contributed by atoms with Crippen molar-refractivity contribution >= 4 is 35.8 Å². The van der Waals surface area contributed by atoms with Crippen LogP contribution in [0, 0.1) is 5.92 Å². The number of carbonyl (C=O) groups is 1. The molecule has 0 aliphatic carbocycles. The first kappa shape index (κ1) is 17.1. The first-order valence-electron chi connectivity index (χ1n) is 7.84. The second-order valence-electron chi connectivity index (χ2n) is 7.02. The fourth-order valence-electron chi connectivity index (χ4n) is 4.27. The number of rotatable bonds is 3. The molecule has 1 aromatic carbocycles. The van der Waals surface area contributed by atoms with Crippen molar-refractivity contribution in [2.24, 2.45) is 5.92 Å². The van der Waals surface area contributed by atoms with Gasteiger partial charge in [0.1, 0.15) is 0 Å². The number of aliphatic hydroxyl groups excluding tert-OH is 1. The van der Waals surface area contributed by atoms with Gasteiger partial charge in [-0.2, -0.15) is 0 Å². The fourth-order valence-corrected chi connectivity index (χ4v) is 7.23. The lowest BCUT2D eigenvalue weighted by Crippen LogP contribution is -2.43. The summed E-state index contributed by atoms with van der Waals surface area (Å²) in [6.45, 7) is 5.69. The number of nitrogens with one attached hydrogen (secondary N) is 1. The summed E-state index contributed by atoms with van der Waals surface area (Å²) < 4.78 is 7.16. The van der Waals surface area contributed by atoms with Gasteiger partial charge in [-0.25, -0.2) is 0 Å². The molecule has 2 aliphatic rings. The molecular formula is C16H22BrNO4Si. The van der Waals surface area contributed by atoms with E-state index in [0.717, 1.165) is 15.7 Å². The van der Waals surface area contributed by atoms with Gasteiger partial charge in [0.25, 0.3) is 5.91 Å². The van der Waals surface area contributed by atoms with Crippen molar-refractivity contribution in [1.82, 2.24) is 0 Å². The second kappa shape index (κ2) is 5.67. The molecule has 0 bridgehead atoms. The topological polar surface area (TPSA) is 78.8 Å². The molecule has 7 heteroatoms. The number of hydrogen-bond acceptors (Lipinski definition) is 4. The lowest BCUT2D eigenvalue weighted by atomic mass is 9.82. The largest absolute Gasteiger partial charge is 0.432 e. The SMILES string of the molecule is C[C@@H]1[C@@H]([Si](C)(C)O)[C@H](CCO)O[C@@]12C(=O)Nc1ccc(Br)cc12. The Labute approximate surface area is 145 Å². The Morgan fingerprint density at radius 3 is 2.74 bits per heavy atom. The van der Waals surface area contributed by atoms with Crippen LogP contribution in [0.15, 0.2) is 22.7 Å². The van der Waals surface area contributed by atoms with Crippen LogP contribution >= 0.6 is 15.9 Å². The average Bonchev–Trinajstić information content (AvgIpc) is 2.88. The number of hydrogen-bond donors (Lipinski definition) is 3. The number of amides is 1. The number of benzene rings is 1. The van der Waals surface area contributed by atoms with E-state index in [1.54, 1.807) is 0 Å². The molecule has 1 fully saturated rings. The van der Waals surface area contributed by atoms with Gasteiger partial charge in [0.05, 0.1) is 6.10 Å². The molecule has 5 nitrogen and oxygen atoms in total. The Morgan fingerprint density at radius 1 is 1.43 bits per heavy atom. The molecule has 2 aliphatic heterocycles. The minimum Gasteiger partial charge on any atom is -0.432 e. The Balaban J connectivity index is 2.13. The number of fused-ring (bicyclic) bond motifs is 2. The number of halogens is 1. The highest BCUT2D eigenvalue weighted by atomic mass is 79.9. The van der Waals surface area contributed by atoms with Gasteiger partial charge in [0.15, 0.2) is 13.9 Å². The summed E-state index contributed by atoms with van der Waals surface area (Å²) in [5.74, 6) is -0.344. The maximum Gasteiger partial charge on any atom is 0.261 e. The first-order chi connectivity index (χ1) is 10.7. The van der Waals surface area contributed by atoms with Crippen molar-refractivity contribution in [2.75, 3.05) is 11.9 Å². The predicted octanol–water partition coefficient (Wildman–Crippen LogP) is 2.58. The lowest BCUT2D eigenvalue weighted by Gasteiger charge is -2.32. The van der Waals surface area contributed by atoms with Gasteiger partial charge in [-0.15, -0.1) is 0 Å². The molecule has 1 amide bonds.